The normalized spacial score (nSPS) is 24.1. The van der Waals surface area contributed by atoms with Crippen LogP contribution in [0.1, 0.15) is 29.6 Å². The number of hydrogen-bond donors (Lipinski definition) is 0. The molecule has 3 rings (SSSR count). The highest BCUT2D eigenvalue weighted by molar-refractivity contribution is 7.86. The van der Waals surface area contributed by atoms with Crippen LogP contribution in [0.4, 0.5) is 13.2 Å². The van der Waals surface area contributed by atoms with Crippen LogP contribution in [0.3, 0.4) is 0 Å². The molecule has 150 valence electrons. The Balaban J connectivity index is 1.84. The number of carbonyl (C=O) groups excluding carboxylic acids is 1. The van der Waals surface area contributed by atoms with Crippen LogP contribution in [0.25, 0.3) is 0 Å². The van der Waals surface area contributed by atoms with E-state index in [0.717, 1.165) is 10.4 Å². The lowest BCUT2D eigenvalue weighted by Crippen LogP contribution is -2.57. The second-order valence-corrected chi connectivity index (χ2v) is 9.27. The Morgan fingerprint density at radius 1 is 1.11 bits per heavy atom. The summed E-state index contributed by atoms with van der Waals surface area (Å²) in [5, 5.41) is 0. The lowest BCUT2D eigenvalue weighted by atomic mass is 9.84. The summed E-state index contributed by atoms with van der Waals surface area (Å²) in [7, 11) is -0.662. The maximum Gasteiger partial charge on any atom is 0.281 e. The number of piperidine rings is 2. The van der Waals surface area contributed by atoms with Crippen molar-refractivity contribution in [2.75, 3.05) is 33.7 Å². The Bertz CT molecular complexity index is 847. The van der Waals surface area contributed by atoms with Gasteiger partial charge in [0, 0.05) is 39.8 Å². The van der Waals surface area contributed by atoms with Gasteiger partial charge in [0.15, 0.2) is 11.6 Å². The Morgan fingerprint density at radius 2 is 1.78 bits per heavy atom. The van der Waals surface area contributed by atoms with Gasteiger partial charge in [-0.1, -0.05) is 0 Å². The predicted octanol–water partition coefficient (Wildman–Crippen LogP) is 1.84. The fourth-order valence-corrected chi connectivity index (χ4v) is 5.11. The van der Waals surface area contributed by atoms with Crippen molar-refractivity contribution in [3.63, 3.8) is 0 Å². The second-order valence-electron chi connectivity index (χ2n) is 7.12. The maximum absolute atomic E-state index is 14.0. The van der Waals surface area contributed by atoms with Gasteiger partial charge in [-0.05, 0) is 37.3 Å². The van der Waals surface area contributed by atoms with Gasteiger partial charge in [0.2, 0.25) is 0 Å². The molecule has 0 radical (unpaired) electrons. The van der Waals surface area contributed by atoms with E-state index >= 15 is 0 Å². The molecule has 2 atom stereocenters. The smallest absolute Gasteiger partial charge is 0.281 e. The fraction of sp³-hybridized carbons (Fsp3) is 0.588. The van der Waals surface area contributed by atoms with E-state index in [0.29, 0.717) is 31.9 Å². The van der Waals surface area contributed by atoms with E-state index in [2.05, 4.69) is 0 Å². The molecule has 0 spiro atoms. The summed E-state index contributed by atoms with van der Waals surface area (Å²) in [6, 6.07) is 1.05. The average Bonchev–Trinajstić information content (AvgIpc) is 2.63. The molecule has 1 aromatic rings. The first kappa shape index (κ1) is 20.1. The Morgan fingerprint density at radius 3 is 2.44 bits per heavy atom. The highest BCUT2D eigenvalue weighted by Gasteiger charge is 2.42. The first-order valence-electron chi connectivity index (χ1n) is 8.76. The first-order valence-corrected chi connectivity index (χ1v) is 10.2. The van der Waals surface area contributed by atoms with Crippen LogP contribution in [0.15, 0.2) is 12.1 Å². The van der Waals surface area contributed by atoms with Gasteiger partial charge >= 0.3 is 0 Å². The molecular formula is C17H22F3N3O3S. The number of halogens is 3. The Hall–Kier alpha value is -1.65. The van der Waals surface area contributed by atoms with E-state index in [-0.39, 0.29) is 25.0 Å². The SMILES string of the molecule is CN(C)S(=O)(=O)N1CC[C@@H]2[C@@H](CCCN2C(=O)c2c(F)ccc(F)c2F)C1. The van der Waals surface area contributed by atoms with Crippen LogP contribution in [0.2, 0.25) is 0 Å². The number of hydrogen-bond acceptors (Lipinski definition) is 3. The van der Waals surface area contributed by atoms with Gasteiger partial charge in [0.1, 0.15) is 11.4 Å². The number of fused-ring (bicyclic) bond motifs is 1. The van der Waals surface area contributed by atoms with E-state index in [4.69, 9.17) is 0 Å². The Kier molecular flexibility index (Phi) is 5.51. The minimum atomic E-state index is -3.57. The molecule has 2 aliphatic heterocycles. The van der Waals surface area contributed by atoms with Crippen LogP contribution in [0, 0.1) is 23.4 Å². The van der Waals surface area contributed by atoms with E-state index in [1.54, 1.807) is 0 Å². The molecule has 0 bridgehead atoms. The van der Waals surface area contributed by atoms with Crippen molar-refractivity contribution in [3.05, 3.63) is 35.1 Å². The van der Waals surface area contributed by atoms with Crippen molar-refractivity contribution in [2.24, 2.45) is 5.92 Å². The highest BCUT2D eigenvalue weighted by atomic mass is 32.2. The summed E-state index contributed by atoms with van der Waals surface area (Å²) in [6.45, 7) is 0.748. The van der Waals surface area contributed by atoms with Crippen molar-refractivity contribution >= 4 is 16.1 Å². The predicted molar refractivity (Wildman–Crippen MR) is 92.7 cm³/mol. The lowest BCUT2D eigenvalue weighted by Gasteiger charge is -2.47. The minimum absolute atomic E-state index is 0.133. The molecule has 0 saturated carbocycles. The number of benzene rings is 1. The Labute approximate surface area is 156 Å². The van der Waals surface area contributed by atoms with Gasteiger partial charge in [-0.25, -0.2) is 13.2 Å². The molecule has 27 heavy (non-hydrogen) atoms. The summed E-state index contributed by atoms with van der Waals surface area (Å²) in [5.74, 6) is -4.89. The standard InChI is InChI=1S/C17H22F3N3O3S/c1-21(2)27(25,26)22-9-7-14-11(10-22)4-3-8-23(14)17(24)15-12(18)5-6-13(19)16(15)20/h5-6,11,14H,3-4,7-10H2,1-2H3/t11-,14+/m0/s1. The van der Waals surface area contributed by atoms with Gasteiger partial charge in [-0.2, -0.15) is 17.0 Å². The topological polar surface area (TPSA) is 60.9 Å². The molecule has 1 aromatic carbocycles. The molecule has 0 N–H and O–H groups in total. The molecule has 0 unspecified atom stereocenters. The number of carbonyl (C=O) groups is 1. The molecule has 2 saturated heterocycles. The van der Waals surface area contributed by atoms with E-state index < -0.39 is 39.1 Å². The number of nitrogens with zero attached hydrogens (tertiary/aromatic N) is 3. The van der Waals surface area contributed by atoms with Crippen molar-refractivity contribution in [1.82, 2.24) is 13.5 Å². The number of likely N-dealkylation sites (tertiary alicyclic amines) is 1. The molecule has 2 heterocycles. The fourth-order valence-electron chi connectivity index (χ4n) is 3.93. The molecule has 10 heteroatoms. The van der Waals surface area contributed by atoms with Gasteiger partial charge < -0.3 is 4.90 Å². The zero-order chi connectivity index (χ0) is 19.9. The minimum Gasteiger partial charge on any atom is -0.335 e. The van der Waals surface area contributed by atoms with Crippen LogP contribution >= 0.6 is 0 Å². The zero-order valence-corrected chi connectivity index (χ0v) is 16.0. The molecular weight excluding hydrogens is 383 g/mol. The molecule has 2 fully saturated rings. The number of amides is 1. The van der Waals surface area contributed by atoms with Crippen molar-refractivity contribution in [2.45, 2.75) is 25.3 Å². The van der Waals surface area contributed by atoms with Crippen LogP contribution in [-0.4, -0.2) is 67.6 Å². The molecule has 6 nitrogen and oxygen atoms in total. The van der Waals surface area contributed by atoms with Gasteiger partial charge in [-0.3, -0.25) is 4.79 Å². The van der Waals surface area contributed by atoms with Gasteiger partial charge in [0.05, 0.1) is 0 Å². The monoisotopic (exact) mass is 405 g/mol. The van der Waals surface area contributed by atoms with Crippen LogP contribution in [-0.2, 0) is 10.2 Å². The third-order valence-electron chi connectivity index (χ3n) is 5.34. The highest BCUT2D eigenvalue weighted by Crippen LogP contribution is 2.33. The summed E-state index contributed by atoms with van der Waals surface area (Å²) in [5.41, 5.74) is -0.890. The van der Waals surface area contributed by atoms with Crippen molar-refractivity contribution < 1.29 is 26.4 Å². The largest absolute Gasteiger partial charge is 0.335 e. The summed E-state index contributed by atoms with van der Waals surface area (Å²) >= 11 is 0. The molecule has 0 aromatic heterocycles. The number of rotatable bonds is 3. The van der Waals surface area contributed by atoms with E-state index in [9.17, 15) is 26.4 Å². The quantitative estimate of drug-likeness (QED) is 0.721. The van der Waals surface area contributed by atoms with Crippen molar-refractivity contribution in [3.8, 4) is 0 Å². The first-order chi connectivity index (χ1) is 12.6. The molecule has 1 amide bonds. The van der Waals surface area contributed by atoms with Gasteiger partial charge in [0.25, 0.3) is 16.1 Å². The van der Waals surface area contributed by atoms with E-state index in [1.807, 2.05) is 0 Å². The summed E-state index contributed by atoms with van der Waals surface area (Å²) in [6.07, 6.45) is 1.66. The maximum atomic E-state index is 14.0. The second kappa shape index (κ2) is 7.40. The molecule has 2 aliphatic rings. The summed E-state index contributed by atoms with van der Waals surface area (Å²) in [4.78, 5) is 14.1. The summed E-state index contributed by atoms with van der Waals surface area (Å²) < 4.78 is 68.8. The molecule has 0 aliphatic carbocycles. The van der Waals surface area contributed by atoms with Gasteiger partial charge in [-0.15, -0.1) is 0 Å². The van der Waals surface area contributed by atoms with E-state index in [1.165, 1.54) is 23.3 Å². The third kappa shape index (κ3) is 3.57. The average molecular weight is 405 g/mol. The zero-order valence-electron chi connectivity index (χ0n) is 15.2. The lowest BCUT2D eigenvalue weighted by molar-refractivity contribution is 0.0320. The third-order valence-corrected chi connectivity index (χ3v) is 7.24. The van der Waals surface area contributed by atoms with Crippen molar-refractivity contribution in [1.29, 1.82) is 0 Å². The van der Waals surface area contributed by atoms with Crippen LogP contribution < -0.4 is 0 Å². The van der Waals surface area contributed by atoms with Crippen LogP contribution in [0.5, 0.6) is 0 Å².